The van der Waals surface area contributed by atoms with E-state index in [0.29, 0.717) is 5.95 Å². The fourth-order valence-corrected chi connectivity index (χ4v) is 3.07. The van der Waals surface area contributed by atoms with Crippen LogP contribution in [0.2, 0.25) is 0 Å². The van der Waals surface area contributed by atoms with Crippen molar-refractivity contribution >= 4 is 27.5 Å². The summed E-state index contributed by atoms with van der Waals surface area (Å²) in [6.45, 7) is 0.184. The zero-order valence-electron chi connectivity index (χ0n) is 13.9. The number of aromatic nitrogens is 4. The average molecular weight is 383 g/mol. The van der Waals surface area contributed by atoms with Crippen LogP contribution in [0.15, 0.2) is 18.5 Å². The second-order valence-corrected chi connectivity index (χ2v) is 7.47. The number of hydrogen-bond donors (Lipinski definition) is 4. The Bertz CT molecular complexity index is 914. The van der Waals surface area contributed by atoms with Crippen LogP contribution in [-0.4, -0.2) is 48.8 Å². The number of rotatable bonds is 4. The first-order chi connectivity index (χ1) is 12.2. The average Bonchev–Trinajstić information content (AvgIpc) is 3.07. The van der Waals surface area contributed by atoms with Crippen molar-refractivity contribution in [2.45, 2.75) is 31.7 Å². The summed E-state index contributed by atoms with van der Waals surface area (Å²) in [5, 5.41) is 9.27. The Hall–Kier alpha value is -2.08. The van der Waals surface area contributed by atoms with Gasteiger partial charge in [0.15, 0.2) is 5.65 Å². The molecule has 1 saturated carbocycles. The van der Waals surface area contributed by atoms with Crippen molar-refractivity contribution < 1.29 is 22.6 Å². The van der Waals surface area contributed by atoms with E-state index in [1.165, 1.54) is 12.8 Å². The lowest BCUT2D eigenvalue weighted by atomic mass is 10.1. The van der Waals surface area contributed by atoms with E-state index in [1.54, 1.807) is 0 Å². The normalized spacial score (nSPS) is 22.4. The number of anilines is 1. The van der Waals surface area contributed by atoms with E-state index in [-0.39, 0.29) is 18.6 Å². The molecule has 142 valence electrons. The first-order valence-corrected chi connectivity index (χ1v) is 9.62. The predicted molar refractivity (Wildman–Crippen MR) is 93.7 cm³/mol. The van der Waals surface area contributed by atoms with Crippen LogP contribution in [0, 0.1) is 11.8 Å². The lowest BCUT2D eigenvalue weighted by molar-refractivity contribution is 0.244. The summed E-state index contributed by atoms with van der Waals surface area (Å²) in [5.41, 5.74) is 8.54. The Balaban J connectivity index is 0.000000349. The van der Waals surface area contributed by atoms with Gasteiger partial charge in [-0.3, -0.25) is 9.11 Å². The van der Waals surface area contributed by atoms with E-state index in [1.807, 2.05) is 6.33 Å². The summed E-state index contributed by atoms with van der Waals surface area (Å²) in [7, 11) is -4.67. The number of nitrogens with two attached hydrogens (primary N) is 1. The molecule has 0 bridgehead atoms. The SMILES string of the molecule is Nc1nc(CC2CC2)c2ncn(C3C=CC(CO)C3)c2n1.O=S(=O)(O)O. The third kappa shape index (κ3) is 4.75. The van der Waals surface area contributed by atoms with Gasteiger partial charge in [0.2, 0.25) is 5.95 Å². The molecule has 2 heterocycles. The van der Waals surface area contributed by atoms with Crippen LogP contribution >= 0.6 is 0 Å². The van der Waals surface area contributed by atoms with Crippen molar-refractivity contribution in [1.29, 1.82) is 0 Å². The Labute approximate surface area is 150 Å². The summed E-state index contributed by atoms with van der Waals surface area (Å²) in [4.78, 5) is 13.3. The van der Waals surface area contributed by atoms with E-state index in [2.05, 4.69) is 31.7 Å². The molecule has 5 N–H and O–H groups in total. The highest BCUT2D eigenvalue weighted by Crippen LogP contribution is 2.35. The molecular weight excluding hydrogens is 362 g/mol. The topological polar surface area (TPSA) is 164 Å². The number of hydrogen-bond acceptors (Lipinski definition) is 7. The molecular formula is C15H21N5O5S. The molecule has 0 spiro atoms. The Morgan fingerprint density at radius 3 is 2.50 bits per heavy atom. The number of nitrogens with zero attached hydrogens (tertiary/aromatic N) is 4. The van der Waals surface area contributed by atoms with Crippen molar-refractivity contribution in [3.63, 3.8) is 0 Å². The Morgan fingerprint density at radius 1 is 1.23 bits per heavy atom. The first kappa shape index (κ1) is 18.7. The Kier molecular flexibility index (Phi) is 5.23. The van der Waals surface area contributed by atoms with Gasteiger partial charge in [-0.15, -0.1) is 0 Å². The minimum absolute atomic E-state index is 0.184. The van der Waals surface area contributed by atoms with E-state index in [0.717, 1.165) is 35.6 Å². The van der Waals surface area contributed by atoms with Crippen LogP contribution in [-0.2, 0) is 16.8 Å². The number of nitrogen functional groups attached to an aromatic ring is 1. The van der Waals surface area contributed by atoms with Gasteiger partial charge in [-0.1, -0.05) is 12.2 Å². The van der Waals surface area contributed by atoms with Crippen LogP contribution in [0.25, 0.3) is 11.2 Å². The van der Waals surface area contributed by atoms with Gasteiger partial charge >= 0.3 is 10.4 Å². The zero-order valence-corrected chi connectivity index (χ0v) is 14.7. The fourth-order valence-electron chi connectivity index (χ4n) is 3.07. The quantitative estimate of drug-likeness (QED) is 0.442. The van der Waals surface area contributed by atoms with Crippen LogP contribution in [0.5, 0.6) is 0 Å². The van der Waals surface area contributed by atoms with Crippen molar-refractivity contribution in [1.82, 2.24) is 19.5 Å². The summed E-state index contributed by atoms with van der Waals surface area (Å²) in [6, 6.07) is 0.190. The van der Waals surface area contributed by atoms with Gasteiger partial charge in [-0.2, -0.15) is 13.4 Å². The maximum Gasteiger partial charge on any atom is 0.394 e. The largest absolute Gasteiger partial charge is 0.396 e. The maximum absolute atomic E-state index is 9.27. The lowest BCUT2D eigenvalue weighted by Crippen LogP contribution is -2.09. The van der Waals surface area contributed by atoms with Gasteiger partial charge in [0.25, 0.3) is 0 Å². The third-order valence-electron chi connectivity index (χ3n) is 4.43. The summed E-state index contributed by atoms with van der Waals surface area (Å²) in [6.07, 6.45) is 10.4. The molecule has 0 radical (unpaired) electrons. The monoisotopic (exact) mass is 383 g/mol. The molecule has 2 aromatic heterocycles. The van der Waals surface area contributed by atoms with Crippen molar-refractivity contribution in [2.24, 2.45) is 11.8 Å². The molecule has 2 aromatic rings. The molecule has 0 aliphatic heterocycles. The van der Waals surface area contributed by atoms with Crippen LogP contribution in [0.3, 0.4) is 0 Å². The second kappa shape index (κ2) is 7.27. The summed E-state index contributed by atoms with van der Waals surface area (Å²) in [5.74, 6) is 1.27. The van der Waals surface area contributed by atoms with Crippen LogP contribution in [0.4, 0.5) is 5.95 Å². The van der Waals surface area contributed by atoms with E-state index in [9.17, 15) is 5.11 Å². The standard InChI is InChI=1S/C15H19N5O.H2O4S/c16-15-18-12(6-9-1-2-9)13-14(19-15)20(8-17-13)11-4-3-10(5-11)7-21;1-5(2,3)4/h3-4,8-11,21H,1-2,5-7H2,(H2,16,18,19);(H2,1,2,3,4). The van der Waals surface area contributed by atoms with Gasteiger partial charge in [-0.05, 0) is 31.6 Å². The van der Waals surface area contributed by atoms with Gasteiger partial charge in [-0.25, -0.2) is 9.97 Å². The predicted octanol–water partition coefficient (Wildman–Crippen LogP) is 0.818. The highest BCUT2D eigenvalue weighted by Gasteiger charge is 2.26. The fraction of sp³-hybridized carbons (Fsp3) is 0.533. The molecule has 11 heteroatoms. The molecule has 2 unspecified atom stereocenters. The van der Waals surface area contributed by atoms with E-state index in [4.69, 9.17) is 23.3 Å². The molecule has 0 amide bonds. The van der Waals surface area contributed by atoms with E-state index < -0.39 is 10.4 Å². The highest BCUT2D eigenvalue weighted by atomic mass is 32.3. The molecule has 0 aromatic carbocycles. The molecule has 2 aliphatic rings. The number of imidazole rings is 1. The molecule has 10 nitrogen and oxygen atoms in total. The zero-order chi connectivity index (χ0) is 18.9. The summed E-state index contributed by atoms with van der Waals surface area (Å²) >= 11 is 0. The van der Waals surface area contributed by atoms with Crippen molar-refractivity contribution in [2.75, 3.05) is 12.3 Å². The number of aliphatic hydroxyl groups is 1. The summed E-state index contributed by atoms with van der Waals surface area (Å²) < 4.78 is 33.6. The Morgan fingerprint density at radius 2 is 1.92 bits per heavy atom. The van der Waals surface area contributed by atoms with Crippen molar-refractivity contribution in [3.8, 4) is 0 Å². The number of aliphatic hydroxyl groups excluding tert-OH is 1. The minimum atomic E-state index is -4.67. The van der Waals surface area contributed by atoms with Crippen LogP contribution < -0.4 is 5.73 Å². The van der Waals surface area contributed by atoms with Gasteiger partial charge in [0.1, 0.15) is 5.52 Å². The second-order valence-electron chi connectivity index (χ2n) is 6.58. The van der Waals surface area contributed by atoms with Gasteiger partial charge in [0.05, 0.1) is 18.1 Å². The number of allylic oxidation sites excluding steroid dienone is 1. The molecule has 2 aliphatic carbocycles. The molecule has 0 saturated heterocycles. The van der Waals surface area contributed by atoms with Gasteiger partial charge < -0.3 is 15.4 Å². The van der Waals surface area contributed by atoms with Gasteiger partial charge in [0, 0.05) is 12.5 Å². The molecule has 4 rings (SSSR count). The van der Waals surface area contributed by atoms with Crippen LogP contribution in [0.1, 0.15) is 31.0 Å². The lowest BCUT2D eigenvalue weighted by Gasteiger charge is -2.13. The maximum atomic E-state index is 9.27. The molecule has 26 heavy (non-hydrogen) atoms. The third-order valence-corrected chi connectivity index (χ3v) is 4.43. The minimum Gasteiger partial charge on any atom is -0.396 e. The highest BCUT2D eigenvalue weighted by molar-refractivity contribution is 7.79. The molecule has 1 fully saturated rings. The van der Waals surface area contributed by atoms with E-state index >= 15 is 0 Å². The first-order valence-electron chi connectivity index (χ1n) is 8.22. The molecule has 2 atom stereocenters. The number of fused-ring (bicyclic) bond motifs is 1. The van der Waals surface area contributed by atoms with Crippen molar-refractivity contribution in [3.05, 3.63) is 24.2 Å². The smallest absolute Gasteiger partial charge is 0.394 e.